The number of carbonyl (C=O) groups is 1. The first-order valence-electron chi connectivity index (χ1n) is 9.70. The molecule has 2 aromatic carbocycles. The summed E-state index contributed by atoms with van der Waals surface area (Å²) in [6, 6.07) is 19.7. The summed E-state index contributed by atoms with van der Waals surface area (Å²) < 4.78 is 7.70. The Morgan fingerprint density at radius 2 is 1.97 bits per heavy atom. The fourth-order valence-electron chi connectivity index (χ4n) is 3.64. The number of H-pyrrole nitrogens is 1. The normalized spacial score (nSPS) is 12.1. The largest absolute Gasteiger partial charge is 0.496 e. The van der Waals surface area contributed by atoms with Crippen molar-refractivity contribution < 1.29 is 9.53 Å². The molecule has 2 heterocycles. The first kappa shape index (κ1) is 18.8. The molecule has 0 aliphatic rings. The second-order valence-corrected chi connectivity index (χ2v) is 6.96. The standard InChI is InChI=1S/C23H24N4O2/c1-4-27-19-11-8-12-21(29-3)17(19)13-20(27)18-14-22(26-25-18)24-23(28)15(2)16-9-6-5-7-10-16/h5-15H,4H2,1-3H3,(H2,24,25,26,28). The van der Waals surface area contributed by atoms with Gasteiger partial charge in [0.1, 0.15) is 5.75 Å². The second-order valence-electron chi connectivity index (χ2n) is 6.96. The van der Waals surface area contributed by atoms with Gasteiger partial charge in [0.2, 0.25) is 5.91 Å². The van der Waals surface area contributed by atoms with Crippen LogP contribution in [0.15, 0.2) is 60.7 Å². The number of rotatable bonds is 6. The molecule has 0 saturated heterocycles. The molecule has 148 valence electrons. The third-order valence-corrected chi connectivity index (χ3v) is 5.24. The van der Waals surface area contributed by atoms with Gasteiger partial charge in [-0.05, 0) is 37.6 Å². The van der Waals surface area contributed by atoms with Crippen LogP contribution in [0.1, 0.15) is 25.3 Å². The van der Waals surface area contributed by atoms with Crippen LogP contribution in [0.25, 0.3) is 22.3 Å². The number of carbonyl (C=O) groups excluding carboxylic acids is 1. The van der Waals surface area contributed by atoms with Gasteiger partial charge in [-0.15, -0.1) is 0 Å². The quantitative estimate of drug-likeness (QED) is 0.498. The van der Waals surface area contributed by atoms with E-state index in [4.69, 9.17) is 4.74 Å². The molecule has 0 saturated carbocycles. The Balaban J connectivity index is 1.62. The number of benzene rings is 2. The lowest BCUT2D eigenvalue weighted by Crippen LogP contribution is -2.19. The number of ether oxygens (including phenoxy) is 1. The number of anilines is 1. The minimum absolute atomic E-state index is 0.0908. The number of aromatic amines is 1. The molecule has 1 unspecified atom stereocenters. The number of hydrogen-bond donors (Lipinski definition) is 2. The number of fused-ring (bicyclic) bond motifs is 1. The number of methoxy groups -OCH3 is 1. The summed E-state index contributed by atoms with van der Waals surface area (Å²) in [5.41, 5.74) is 3.91. The maximum atomic E-state index is 12.6. The zero-order valence-corrected chi connectivity index (χ0v) is 16.8. The molecule has 0 radical (unpaired) electrons. The minimum Gasteiger partial charge on any atom is -0.496 e. The van der Waals surface area contributed by atoms with Crippen LogP contribution in [0, 0.1) is 0 Å². The monoisotopic (exact) mass is 388 g/mol. The molecule has 29 heavy (non-hydrogen) atoms. The highest BCUT2D eigenvalue weighted by atomic mass is 16.5. The zero-order valence-electron chi connectivity index (χ0n) is 16.8. The van der Waals surface area contributed by atoms with Crippen molar-refractivity contribution in [1.82, 2.24) is 14.8 Å². The molecule has 0 aliphatic heterocycles. The molecule has 6 nitrogen and oxygen atoms in total. The van der Waals surface area contributed by atoms with E-state index in [1.165, 1.54) is 0 Å². The molecule has 2 aromatic heterocycles. The van der Waals surface area contributed by atoms with Gasteiger partial charge >= 0.3 is 0 Å². The van der Waals surface area contributed by atoms with Gasteiger partial charge in [0.05, 0.1) is 29.9 Å². The molecule has 4 rings (SSSR count). The van der Waals surface area contributed by atoms with Crippen molar-refractivity contribution in [2.45, 2.75) is 26.3 Å². The maximum Gasteiger partial charge on any atom is 0.232 e. The van der Waals surface area contributed by atoms with Gasteiger partial charge in [-0.3, -0.25) is 9.89 Å². The zero-order chi connectivity index (χ0) is 20.4. The Bertz CT molecular complexity index is 1140. The van der Waals surface area contributed by atoms with Gasteiger partial charge in [-0.25, -0.2) is 0 Å². The van der Waals surface area contributed by atoms with E-state index in [-0.39, 0.29) is 11.8 Å². The Morgan fingerprint density at radius 3 is 2.69 bits per heavy atom. The van der Waals surface area contributed by atoms with Gasteiger partial charge < -0.3 is 14.6 Å². The lowest BCUT2D eigenvalue weighted by molar-refractivity contribution is -0.117. The molecule has 0 bridgehead atoms. The number of nitrogens with one attached hydrogen (secondary N) is 2. The van der Waals surface area contributed by atoms with Crippen molar-refractivity contribution in [2.24, 2.45) is 0 Å². The summed E-state index contributed by atoms with van der Waals surface area (Å²) >= 11 is 0. The molecular formula is C23H24N4O2. The summed E-state index contributed by atoms with van der Waals surface area (Å²) in [4.78, 5) is 12.6. The van der Waals surface area contributed by atoms with Crippen LogP contribution in [0.3, 0.4) is 0 Å². The van der Waals surface area contributed by atoms with Crippen LogP contribution in [0.5, 0.6) is 5.75 Å². The Labute approximate surface area is 169 Å². The van der Waals surface area contributed by atoms with Crippen LogP contribution in [0.4, 0.5) is 5.82 Å². The fourth-order valence-corrected chi connectivity index (χ4v) is 3.64. The SMILES string of the molecule is CCn1c(-c2cc(NC(=O)C(C)c3ccccc3)n[nH]2)cc2c(OC)cccc21. The predicted octanol–water partition coefficient (Wildman–Crippen LogP) is 4.80. The van der Waals surface area contributed by atoms with Crippen molar-refractivity contribution in [1.29, 1.82) is 0 Å². The summed E-state index contributed by atoms with van der Waals surface area (Å²) in [5, 5.41) is 11.3. The lowest BCUT2D eigenvalue weighted by atomic mass is 10.0. The molecule has 0 fully saturated rings. The van der Waals surface area contributed by atoms with Crippen molar-refractivity contribution >= 4 is 22.6 Å². The van der Waals surface area contributed by atoms with Gasteiger partial charge in [-0.2, -0.15) is 5.10 Å². The molecule has 0 aliphatic carbocycles. The van der Waals surface area contributed by atoms with Crippen molar-refractivity contribution in [3.8, 4) is 17.1 Å². The summed E-state index contributed by atoms with van der Waals surface area (Å²) in [7, 11) is 1.68. The molecule has 4 aromatic rings. The van der Waals surface area contributed by atoms with Crippen LogP contribution >= 0.6 is 0 Å². The van der Waals surface area contributed by atoms with Gasteiger partial charge in [-0.1, -0.05) is 36.4 Å². The van der Waals surface area contributed by atoms with E-state index in [9.17, 15) is 4.79 Å². The number of nitrogens with zero attached hydrogens (tertiary/aromatic N) is 2. The molecule has 2 N–H and O–H groups in total. The highest BCUT2D eigenvalue weighted by molar-refractivity contribution is 5.96. The van der Waals surface area contributed by atoms with Crippen LogP contribution in [-0.4, -0.2) is 27.8 Å². The van der Waals surface area contributed by atoms with E-state index >= 15 is 0 Å². The maximum absolute atomic E-state index is 12.6. The first-order valence-corrected chi connectivity index (χ1v) is 9.70. The average molecular weight is 388 g/mol. The van der Waals surface area contributed by atoms with Crippen molar-refractivity contribution in [2.75, 3.05) is 12.4 Å². The smallest absolute Gasteiger partial charge is 0.232 e. The average Bonchev–Trinajstić information content (AvgIpc) is 3.37. The Morgan fingerprint density at radius 1 is 1.17 bits per heavy atom. The Kier molecular flexibility index (Phi) is 5.08. The fraction of sp³-hybridized carbons (Fsp3) is 0.217. The number of hydrogen-bond acceptors (Lipinski definition) is 3. The number of aromatic nitrogens is 3. The van der Waals surface area contributed by atoms with E-state index in [1.807, 2.05) is 55.5 Å². The number of amides is 1. The topological polar surface area (TPSA) is 71.9 Å². The summed E-state index contributed by atoms with van der Waals surface area (Å²) in [6.45, 7) is 4.79. The lowest BCUT2D eigenvalue weighted by Gasteiger charge is -2.10. The summed E-state index contributed by atoms with van der Waals surface area (Å²) in [6.07, 6.45) is 0. The minimum atomic E-state index is -0.261. The highest BCUT2D eigenvalue weighted by Crippen LogP contribution is 2.33. The van der Waals surface area contributed by atoms with E-state index in [2.05, 4.69) is 39.1 Å². The van der Waals surface area contributed by atoms with Gasteiger partial charge in [0.15, 0.2) is 5.82 Å². The van der Waals surface area contributed by atoms with E-state index in [0.717, 1.165) is 40.1 Å². The first-order chi connectivity index (χ1) is 14.1. The van der Waals surface area contributed by atoms with Crippen molar-refractivity contribution in [3.05, 3.63) is 66.2 Å². The van der Waals surface area contributed by atoms with Gasteiger partial charge in [0, 0.05) is 18.0 Å². The molecule has 1 amide bonds. The van der Waals surface area contributed by atoms with E-state index in [0.29, 0.717) is 5.82 Å². The number of aryl methyl sites for hydroxylation is 1. The molecule has 0 spiro atoms. The third kappa shape index (κ3) is 3.49. The van der Waals surface area contributed by atoms with E-state index in [1.54, 1.807) is 7.11 Å². The molecular weight excluding hydrogens is 364 g/mol. The third-order valence-electron chi connectivity index (χ3n) is 5.24. The van der Waals surface area contributed by atoms with Crippen LogP contribution in [0.2, 0.25) is 0 Å². The Hall–Kier alpha value is -3.54. The molecule has 1 atom stereocenters. The van der Waals surface area contributed by atoms with Crippen LogP contribution < -0.4 is 10.1 Å². The van der Waals surface area contributed by atoms with Crippen LogP contribution in [-0.2, 0) is 11.3 Å². The highest BCUT2D eigenvalue weighted by Gasteiger charge is 2.18. The second kappa shape index (κ2) is 7.83. The van der Waals surface area contributed by atoms with Gasteiger partial charge in [0.25, 0.3) is 0 Å². The predicted molar refractivity (Wildman–Crippen MR) is 115 cm³/mol. The van der Waals surface area contributed by atoms with Crippen molar-refractivity contribution in [3.63, 3.8) is 0 Å². The summed E-state index contributed by atoms with van der Waals surface area (Å²) in [5.74, 6) is 0.989. The molecule has 6 heteroatoms. The van der Waals surface area contributed by atoms with E-state index < -0.39 is 0 Å².